The molecule has 35 heavy (non-hydrogen) atoms. The van der Waals surface area contributed by atoms with E-state index < -0.39 is 21.4 Å². The molecule has 4 rings (SSSR count). The summed E-state index contributed by atoms with van der Waals surface area (Å²) in [5.74, 6) is -1.12. The molecule has 186 valence electrons. The van der Waals surface area contributed by atoms with Gasteiger partial charge in [-0.3, -0.25) is 4.79 Å². The molecule has 1 fully saturated rings. The van der Waals surface area contributed by atoms with Gasteiger partial charge in [0.05, 0.1) is 43.3 Å². The molecule has 0 spiro atoms. The van der Waals surface area contributed by atoms with Crippen molar-refractivity contribution in [1.29, 1.82) is 0 Å². The predicted octanol–water partition coefficient (Wildman–Crippen LogP) is 3.77. The van der Waals surface area contributed by atoms with Crippen molar-refractivity contribution in [3.8, 4) is 0 Å². The maximum Gasteiger partial charge on any atom is 0.228 e. The highest BCUT2D eigenvalue weighted by Crippen LogP contribution is 2.23. The first-order valence-corrected chi connectivity index (χ1v) is 13.5. The molecule has 1 aliphatic heterocycles. The third kappa shape index (κ3) is 6.15. The summed E-state index contributed by atoms with van der Waals surface area (Å²) < 4.78 is 48.2. The van der Waals surface area contributed by atoms with E-state index in [1.54, 1.807) is 15.5 Å². The fourth-order valence-corrected chi connectivity index (χ4v) is 5.81. The summed E-state index contributed by atoms with van der Waals surface area (Å²) in [5.41, 5.74) is 1.61. The Morgan fingerprint density at radius 2 is 1.91 bits per heavy atom. The number of benzene rings is 2. The lowest BCUT2D eigenvalue weighted by atomic mass is 10.1. The van der Waals surface area contributed by atoms with Crippen LogP contribution in [0.2, 0.25) is 0 Å². The lowest BCUT2D eigenvalue weighted by molar-refractivity contribution is -0.131. The number of imidazole rings is 1. The maximum atomic E-state index is 14.2. The van der Waals surface area contributed by atoms with Crippen LogP contribution in [-0.2, 0) is 44.6 Å². The van der Waals surface area contributed by atoms with Gasteiger partial charge in [-0.2, -0.15) is 0 Å². The molecule has 2 aromatic carbocycles. The molecule has 1 aromatic heterocycles. The van der Waals surface area contributed by atoms with Crippen molar-refractivity contribution < 1.29 is 22.3 Å². The summed E-state index contributed by atoms with van der Waals surface area (Å²) >= 11 is 0. The molecule has 1 amide bonds. The Hall–Kier alpha value is -3.04. The van der Waals surface area contributed by atoms with Crippen LogP contribution in [0.3, 0.4) is 0 Å². The first kappa shape index (κ1) is 25.1. The number of carbonyl (C=O) groups excluding carboxylic acids is 1. The standard InChI is InChI=1S/C26H30FN3O4S/c1-2-29(25(31)15-20-9-4-3-5-10-20)17-22-16-28-26(30(22)18-23-12-8-14-34-23)35(32,33)19-21-11-6-7-13-24(21)27/h3-7,9-11,13,16,23H,2,8,12,14-15,17-19H2,1H3. The molecule has 7 nitrogen and oxygen atoms in total. The molecule has 1 atom stereocenters. The van der Waals surface area contributed by atoms with Crippen LogP contribution in [-0.4, -0.2) is 48.0 Å². The largest absolute Gasteiger partial charge is 0.376 e. The fraction of sp³-hybridized carbons (Fsp3) is 0.385. The number of rotatable bonds is 10. The molecular weight excluding hydrogens is 469 g/mol. The van der Waals surface area contributed by atoms with E-state index in [2.05, 4.69) is 4.98 Å². The average Bonchev–Trinajstić information content (AvgIpc) is 3.50. The number of ether oxygens (including phenoxy) is 1. The molecule has 0 aliphatic carbocycles. The van der Waals surface area contributed by atoms with Gasteiger partial charge in [0.2, 0.25) is 20.9 Å². The second-order valence-electron chi connectivity index (χ2n) is 8.70. The summed E-state index contributed by atoms with van der Waals surface area (Å²) in [7, 11) is -3.95. The second kappa shape index (κ2) is 11.1. The smallest absolute Gasteiger partial charge is 0.228 e. The molecule has 0 bridgehead atoms. The molecular formula is C26H30FN3O4S. The Morgan fingerprint density at radius 3 is 2.60 bits per heavy atom. The van der Waals surface area contributed by atoms with E-state index in [0.717, 1.165) is 18.4 Å². The number of nitrogens with zero attached hydrogens (tertiary/aromatic N) is 3. The predicted molar refractivity (Wildman–Crippen MR) is 130 cm³/mol. The summed E-state index contributed by atoms with van der Waals surface area (Å²) in [4.78, 5) is 18.9. The highest BCUT2D eigenvalue weighted by atomic mass is 32.2. The van der Waals surface area contributed by atoms with Gasteiger partial charge in [0.15, 0.2) is 0 Å². The molecule has 1 saturated heterocycles. The minimum absolute atomic E-state index is 0.0562. The van der Waals surface area contributed by atoms with Crippen LogP contribution >= 0.6 is 0 Å². The normalized spacial score (nSPS) is 15.9. The van der Waals surface area contributed by atoms with Crippen molar-refractivity contribution in [2.45, 2.75) is 56.3 Å². The Kier molecular flexibility index (Phi) is 7.97. The fourth-order valence-electron chi connectivity index (χ4n) is 4.29. The van der Waals surface area contributed by atoms with Crippen LogP contribution in [0.15, 0.2) is 66.0 Å². The number of hydrogen-bond donors (Lipinski definition) is 0. The monoisotopic (exact) mass is 499 g/mol. The van der Waals surface area contributed by atoms with Crippen molar-refractivity contribution in [1.82, 2.24) is 14.5 Å². The molecule has 0 radical (unpaired) electrons. The zero-order valence-corrected chi connectivity index (χ0v) is 20.6. The lowest BCUT2D eigenvalue weighted by Crippen LogP contribution is -2.33. The number of carbonyl (C=O) groups is 1. The molecule has 0 saturated carbocycles. The number of hydrogen-bond acceptors (Lipinski definition) is 5. The van der Waals surface area contributed by atoms with Crippen molar-refractivity contribution in [2.75, 3.05) is 13.2 Å². The number of amides is 1. The molecule has 3 aromatic rings. The van der Waals surface area contributed by atoms with Gasteiger partial charge in [0.1, 0.15) is 5.82 Å². The van der Waals surface area contributed by atoms with Gasteiger partial charge in [-0.15, -0.1) is 0 Å². The van der Waals surface area contributed by atoms with E-state index >= 15 is 0 Å². The second-order valence-corrected chi connectivity index (χ2v) is 10.6. The van der Waals surface area contributed by atoms with E-state index in [1.165, 1.54) is 24.4 Å². The molecule has 1 aliphatic rings. The van der Waals surface area contributed by atoms with Crippen molar-refractivity contribution >= 4 is 15.7 Å². The van der Waals surface area contributed by atoms with Crippen molar-refractivity contribution in [3.63, 3.8) is 0 Å². The van der Waals surface area contributed by atoms with Crippen LogP contribution in [0.1, 0.15) is 36.6 Å². The minimum atomic E-state index is -3.95. The summed E-state index contributed by atoms with van der Waals surface area (Å²) in [5, 5.41) is -0.127. The van der Waals surface area contributed by atoms with E-state index in [1.807, 2.05) is 37.3 Å². The van der Waals surface area contributed by atoms with Gasteiger partial charge in [-0.1, -0.05) is 48.5 Å². The van der Waals surface area contributed by atoms with Crippen LogP contribution in [0.5, 0.6) is 0 Å². The van der Waals surface area contributed by atoms with E-state index in [0.29, 0.717) is 25.4 Å². The third-order valence-electron chi connectivity index (χ3n) is 6.18. The van der Waals surface area contributed by atoms with Gasteiger partial charge < -0.3 is 14.2 Å². The zero-order valence-electron chi connectivity index (χ0n) is 19.8. The summed E-state index contributed by atoms with van der Waals surface area (Å²) in [6, 6.07) is 15.3. The van der Waals surface area contributed by atoms with E-state index in [-0.39, 0.29) is 35.7 Å². The van der Waals surface area contributed by atoms with Crippen LogP contribution in [0.25, 0.3) is 0 Å². The van der Waals surface area contributed by atoms with Gasteiger partial charge >= 0.3 is 0 Å². The Labute approximate surface area is 205 Å². The Morgan fingerprint density at radius 1 is 1.17 bits per heavy atom. The Bertz CT molecular complexity index is 1250. The van der Waals surface area contributed by atoms with Gasteiger partial charge in [-0.25, -0.2) is 17.8 Å². The van der Waals surface area contributed by atoms with E-state index in [9.17, 15) is 17.6 Å². The first-order chi connectivity index (χ1) is 16.9. The zero-order chi connectivity index (χ0) is 24.8. The van der Waals surface area contributed by atoms with Gasteiger partial charge in [-0.05, 0) is 31.4 Å². The maximum absolute atomic E-state index is 14.2. The molecule has 1 unspecified atom stereocenters. The van der Waals surface area contributed by atoms with Crippen LogP contribution < -0.4 is 0 Å². The van der Waals surface area contributed by atoms with Crippen molar-refractivity contribution in [3.05, 3.63) is 83.4 Å². The van der Waals surface area contributed by atoms with E-state index in [4.69, 9.17) is 4.74 Å². The quantitative estimate of drug-likeness (QED) is 0.424. The summed E-state index contributed by atoms with van der Waals surface area (Å²) in [6.07, 6.45) is 3.34. The first-order valence-electron chi connectivity index (χ1n) is 11.8. The van der Waals surface area contributed by atoms with Gasteiger partial charge in [0.25, 0.3) is 0 Å². The highest BCUT2D eigenvalue weighted by molar-refractivity contribution is 7.90. The Balaban J connectivity index is 1.61. The number of halogens is 1. The molecule has 2 heterocycles. The number of sulfone groups is 1. The summed E-state index contributed by atoms with van der Waals surface area (Å²) in [6.45, 7) is 3.51. The number of likely N-dealkylation sites (N-methyl/N-ethyl adjacent to an activating group) is 1. The average molecular weight is 500 g/mol. The minimum Gasteiger partial charge on any atom is -0.376 e. The molecule has 9 heteroatoms. The van der Waals surface area contributed by atoms with Crippen LogP contribution in [0, 0.1) is 5.82 Å². The third-order valence-corrected chi connectivity index (χ3v) is 7.75. The van der Waals surface area contributed by atoms with Crippen molar-refractivity contribution in [2.24, 2.45) is 0 Å². The SMILES string of the molecule is CCN(Cc1cnc(S(=O)(=O)Cc2ccccc2F)n1CC1CCCO1)C(=O)Cc1ccccc1. The lowest BCUT2D eigenvalue weighted by Gasteiger charge is -2.23. The molecule has 0 N–H and O–H groups in total. The number of aromatic nitrogens is 2. The topological polar surface area (TPSA) is 81.5 Å². The van der Waals surface area contributed by atoms with Crippen LogP contribution in [0.4, 0.5) is 4.39 Å². The van der Waals surface area contributed by atoms with Gasteiger partial charge in [0, 0.05) is 18.7 Å². The highest BCUT2D eigenvalue weighted by Gasteiger charge is 2.28.